The number of hydrogen-bond donors (Lipinski definition) is 1. The molecule has 2 heterocycles. The topological polar surface area (TPSA) is 103 Å². The summed E-state index contributed by atoms with van der Waals surface area (Å²) in [6, 6.07) is 17.1. The molecule has 0 bridgehead atoms. The molecule has 0 atom stereocenters. The molecule has 1 N–H and O–H groups in total. The van der Waals surface area contributed by atoms with Crippen LogP contribution in [0.1, 0.15) is 55.6 Å². The Balaban J connectivity index is 1.61. The first-order valence-electron chi connectivity index (χ1n) is 12.6. The van der Waals surface area contributed by atoms with E-state index in [0.29, 0.717) is 36.0 Å². The second-order valence-electron chi connectivity index (χ2n) is 10.1. The minimum atomic E-state index is -0.527. The summed E-state index contributed by atoms with van der Waals surface area (Å²) in [5.74, 6) is 0.485. The van der Waals surface area contributed by atoms with Crippen LogP contribution in [0.4, 0.5) is 16.4 Å². The highest BCUT2D eigenvalue weighted by Crippen LogP contribution is 2.32. The van der Waals surface area contributed by atoms with Gasteiger partial charge >= 0.3 is 12.1 Å². The second-order valence-corrected chi connectivity index (χ2v) is 10.1. The molecule has 0 spiro atoms. The lowest BCUT2D eigenvalue weighted by atomic mass is 9.92. The number of likely N-dealkylation sites (tertiary alicyclic amines) is 1. The van der Waals surface area contributed by atoms with E-state index in [2.05, 4.69) is 5.32 Å². The van der Waals surface area contributed by atoms with E-state index < -0.39 is 11.6 Å². The minimum Gasteiger partial charge on any atom is -0.496 e. The molecule has 4 rings (SSSR count). The summed E-state index contributed by atoms with van der Waals surface area (Å²) < 4.78 is 15.7. The van der Waals surface area contributed by atoms with Crippen molar-refractivity contribution in [3.8, 4) is 17.0 Å². The number of nitrogens with one attached hydrogen (secondary N) is 1. The molecule has 1 aliphatic heterocycles. The van der Waals surface area contributed by atoms with E-state index in [1.54, 1.807) is 23.1 Å². The lowest BCUT2D eigenvalue weighted by Crippen LogP contribution is -2.41. The lowest BCUT2D eigenvalue weighted by molar-refractivity contribution is 0.0203. The number of carbonyl (C=O) groups is 2. The van der Waals surface area contributed by atoms with Gasteiger partial charge in [0.25, 0.3) is 0 Å². The van der Waals surface area contributed by atoms with Crippen molar-refractivity contribution >= 4 is 23.7 Å². The number of amides is 1. The van der Waals surface area contributed by atoms with Crippen molar-refractivity contribution in [1.82, 2.24) is 14.9 Å². The van der Waals surface area contributed by atoms with Crippen LogP contribution in [0.2, 0.25) is 0 Å². The highest BCUT2D eigenvalue weighted by atomic mass is 16.6. The summed E-state index contributed by atoms with van der Waals surface area (Å²) in [4.78, 5) is 36.1. The Bertz CT molecular complexity index is 1280. The van der Waals surface area contributed by atoms with Crippen molar-refractivity contribution < 1.29 is 23.8 Å². The van der Waals surface area contributed by atoms with Crippen LogP contribution in [0, 0.1) is 0 Å². The van der Waals surface area contributed by atoms with Crippen molar-refractivity contribution in [2.75, 3.05) is 32.6 Å². The van der Waals surface area contributed by atoms with Gasteiger partial charge in [0.05, 0.1) is 19.9 Å². The van der Waals surface area contributed by atoms with E-state index in [9.17, 15) is 9.59 Å². The highest BCUT2D eigenvalue weighted by molar-refractivity contribution is 5.93. The summed E-state index contributed by atoms with van der Waals surface area (Å²) >= 11 is 0. The molecular formula is C29H34N4O5. The number of aromatic nitrogens is 2. The molecule has 0 radical (unpaired) electrons. The molecule has 1 aliphatic rings. The average molecular weight is 519 g/mol. The third-order valence-corrected chi connectivity index (χ3v) is 6.24. The maximum atomic E-state index is 12.5. The second kappa shape index (κ2) is 11.5. The molecule has 1 amide bonds. The number of piperidine rings is 1. The molecule has 1 fully saturated rings. The molecule has 38 heavy (non-hydrogen) atoms. The first-order valence-corrected chi connectivity index (χ1v) is 12.6. The largest absolute Gasteiger partial charge is 0.496 e. The SMILES string of the molecule is COC(=O)c1cc(Nc2nc(-c3ccccc3)cc(C3CCN(C(=O)OC(C)(C)C)CC3)n2)ccc1OC. The fourth-order valence-electron chi connectivity index (χ4n) is 4.36. The number of anilines is 2. The van der Waals surface area contributed by atoms with Gasteiger partial charge in [-0.1, -0.05) is 30.3 Å². The zero-order valence-corrected chi connectivity index (χ0v) is 22.5. The van der Waals surface area contributed by atoms with Crippen molar-refractivity contribution in [2.24, 2.45) is 0 Å². The van der Waals surface area contributed by atoms with Gasteiger partial charge in [0.2, 0.25) is 5.95 Å². The third kappa shape index (κ3) is 6.59. The van der Waals surface area contributed by atoms with Gasteiger partial charge in [-0.05, 0) is 57.9 Å². The molecule has 3 aromatic rings. The van der Waals surface area contributed by atoms with Gasteiger partial charge in [-0.3, -0.25) is 0 Å². The fraction of sp³-hybridized carbons (Fsp3) is 0.379. The zero-order chi connectivity index (χ0) is 27.3. The fourth-order valence-corrected chi connectivity index (χ4v) is 4.36. The van der Waals surface area contributed by atoms with Gasteiger partial charge in [0.1, 0.15) is 16.9 Å². The molecule has 200 valence electrons. The van der Waals surface area contributed by atoms with E-state index in [0.717, 1.165) is 29.8 Å². The van der Waals surface area contributed by atoms with Crippen LogP contribution in [0.25, 0.3) is 11.3 Å². The minimum absolute atomic E-state index is 0.154. The maximum Gasteiger partial charge on any atom is 0.410 e. The Hall–Kier alpha value is -4.14. The predicted molar refractivity (Wildman–Crippen MR) is 145 cm³/mol. The monoisotopic (exact) mass is 518 g/mol. The molecule has 1 saturated heterocycles. The molecule has 1 aromatic heterocycles. The normalized spacial score (nSPS) is 14.1. The number of ether oxygens (including phenoxy) is 3. The molecule has 0 unspecified atom stereocenters. The van der Waals surface area contributed by atoms with Crippen LogP contribution in [0.3, 0.4) is 0 Å². The number of methoxy groups -OCH3 is 2. The number of nitrogens with zero attached hydrogens (tertiary/aromatic N) is 3. The lowest BCUT2D eigenvalue weighted by Gasteiger charge is -2.33. The smallest absolute Gasteiger partial charge is 0.410 e. The zero-order valence-electron chi connectivity index (χ0n) is 22.5. The quantitative estimate of drug-likeness (QED) is 0.409. The van der Waals surface area contributed by atoms with Gasteiger partial charge in [0.15, 0.2) is 0 Å². The van der Waals surface area contributed by atoms with Crippen LogP contribution in [0.5, 0.6) is 5.75 Å². The van der Waals surface area contributed by atoms with Gasteiger partial charge < -0.3 is 24.4 Å². The molecule has 9 nitrogen and oxygen atoms in total. The van der Waals surface area contributed by atoms with E-state index >= 15 is 0 Å². The first-order chi connectivity index (χ1) is 18.2. The van der Waals surface area contributed by atoms with Crippen LogP contribution < -0.4 is 10.1 Å². The number of benzene rings is 2. The number of esters is 1. The van der Waals surface area contributed by atoms with Crippen molar-refractivity contribution in [3.63, 3.8) is 0 Å². The van der Waals surface area contributed by atoms with E-state index in [-0.39, 0.29) is 12.0 Å². The van der Waals surface area contributed by atoms with Crippen LogP contribution in [-0.4, -0.2) is 59.8 Å². The Labute approximate surface area is 223 Å². The Morgan fingerprint density at radius 2 is 1.68 bits per heavy atom. The highest BCUT2D eigenvalue weighted by Gasteiger charge is 2.28. The summed E-state index contributed by atoms with van der Waals surface area (Å²) in [5.41, 5.74) is 3.05. The van der Waals surface area contributed by atoms with Crippen LogP contribution >= 0.6 is 0 Å². The average Bonchev–Trinajstić information content (AvgIpc) is 2.92. The van der Waals surface area contributed by atoms with Crippen molar-refractivity contribution in [3.05, 3.63) is 65.9 Å². The summed E-state index contributed by atoms with van der Waals surface area (Å²) in [7, 11) is 2.83. The molecule has 9 heteroatoms. The summed E-state index contributed by atoms with van der Waals surface area (Å²) in [6.07, 6.45) is 1.24. The van der Waals surface area contributed by atoms with Gasteiger partial charge in [-0.15, -0.1) is 0 Å². The summed E-state index contributed by atoms with van der Waals surface area (Å²) in [6.45, 7) is 6.79. The van der Waals surface area contributed by atoms with E-state index in [1.165, 1.54) is 14.2 Å². The Kier molecular flexibility index (Phi) is 8.14. The van der Waals surface area contributed by atoms with Gasteiger partial charge in [-0.2, -0.15) is 0 Å². The third-order valence-electron chi connectivity index (χ3n) is 6.24. The molecule has 0 aliphatic carbocycles. The van der Waals surface area contributed by atoms with Crippen molar-refractivity contribution in [1.29, 1.82) is 0 Å². The predicted octanol–water partition coefficient (Wildman–Crippen LogP) is 5.80. The van der Waals surface area contributed by atoms with Crippen LogP contribution in [0.15, 0.2) is 54.6 Å². The van der Waals surface area contributed by atoms with Gasteiger partial charge in [0, 0.05) is 36.0 Å². The van der Waals surface area contributed by atoms with E-state index in [4.69, 9.17) is 24.2 Å². The van der Waals surface area contributed by atoms with E-state index in [1.807, 2.05) is 57.2 Å². The number of carbonyl (C=O) groups excluding carboxylic acids is 2. The Morgan fingerprint density at radius 3 is 2.32 bits per heavy atom. The first kappa shape index (κ1) is 26.9. The maximum absolute atomic E-state index is 12.5. The number of rotatable bonds is 6. The molecular weight excluding hydrogens is 484 g/mol. The van der Waals surface area contributed by atoms with Gasteiger partial charge in [-0.25, -0.2) is 19.6 Å². The standard InChI is InChI=1S/C29H34N4O5/c1-29(2,3)38-28(35)33-15-13-20(14-16-33)24-18-23(19-9-7-6-8-10-19)31-27(32-24)30-21-11-12-25(36-4)22(17-21)26(34)37-5/h6-12,17-18,20H,13-16H2,1-5H3,(H,30,31,32). The molecule has 2 aromatic carbocycles. The summed E-state index contributed by atoms with van der Waals surface area (Å²) in [5, 5.41) is 3.25. The Morgan fingerprint density at radius 1 is 0.974 bits per heavy atom. The molecule has 0 saturated carbocycles. The van der Waals surface area contributed by atoms with Crippen molar-refractivity contribution in [2.45, 2.75) is 45.1 Å². The number of hydrogen-bond acceptors (Lipinski definition) is 8. The van der Waals surface area contributed by atoms with Crippen LogP contribution in [-0.2, 0) is 9.47 Å².